The van der Waals surface area contributed by atoms with Crippen LogP contribution in [0.2, 0.25) is 5.02 Å². The number of benzene rings is 2. The van der Waals surface area contributed by atoms with E-state index in [1.807, 2.05) is 61.1 Å². The molecule has 4 rings (SSSR count). The highest BCUT2D eigenvalue weighted by Crippen LogP contribution is 2.26. The smallest absolute Gasteiger partial charge is 0.115 e. The van der Waals surface area contributed by atoms with Crippen LogP contribution in [0.5, 0.6) is 0 Å². The first-order valence-electron chi connectivity index (χ1n) is 6.83. The van der Waals surface area contributed by atoms with Crippen LogP contribution in [0.3, 0.4) is 0 Å². The fourth-order valence-electron chi connectivity index (χ4n) is 2.45. The van der Waals surface area contributed by atoms with Crippen molar-refractivity contribution in [3.05, 3.63) is 72.1 Å². The number of halogens is 1. The Hall–Kier alpha value is -2.72. The van der Waals surface area contributed by atoms with Gasteiger partial charge in [-0.1, -0.05) is 47.1 Å². The van der Waals surface area contributed by atoms with Crippen LogP contribution < -0.4 is 0 Å². The van der Waals surface area contributed by atoms with Gasteiger partial charge in [0, 0.05) is 28.4 Å². The molecule has 0 spiro atoms. The molecule has 0 unspecified atom stereocenters. The molecule has 2 aromatic carbocycles. The summed E-state index contributed by atoms with van der Waals surface area (Å²) in [6, 6.07) is 15.6. The number of nitrogens with zero attached hydrogens (tertiary/aromatic N) is 4. The zero-order valence-corrected chi connectivity index (χ0v) is 12.3. The van der Waals surface area contributed by atoms with Crippen LogP contribution in [0.25, 0.3) is 27.7 Å². The Kier molecular flexibility index (Phi) is 3.09. The summed E-state index contributed by atoms with van der Waals surface area (Å²) in [6.45, 7) is 0. The summed E-state index contributed by atoms with van der Waals surface area (Å²) in [7, 11) is 0. The largest absolute Gasteiger partial charge is 0.263 e. The summed E-state index contributed by atoms with van der Waals surface area (Å²) >= 11 is 6.03. The number of pyridine rings is 1. The van der Waals surface area contributed by atoms with Crippen molar-refractivity contribution in [2.24, 2.45) is 0 Å². The van der Waals surface area contributed by atoms with E-state index in [1.54, 1.807) is 4.68 Å². The molecule has 5 heteroatoms. The van der Waals surface area contributed by atoms with Gasteiger partial charge in [-0.05, 0) is 23.6 Å². The number of hydrogen-bond donors (Lipinski definition) is 0. The number of hydrogen-bond acceptors (Lipinski definition) is 3. The first-order chi connectivity index (χ1) is 10.8. The second-order valence-electron chi connectivity index (χ2n) is 4.94. The minimum absolute atomic E-state index is 0.668. The lowest BCUT2D eigenvalue weighted by Crippen LogP contribution is -1.93. The number of aromatic nitrogens is 4. The maximum Gasteiger partial charge on any atom is 0.115 e. The molecule has 4 aromatic rings. The maximum atomic E-state index is 6.03. The van der Waals surface area contributed by atoms with Crippen LogP contribution in [-0.4, -0.2) is 20.0 Å². The van der Waals surface area contributed by atoms with Crippen LogP contribution >= 0.6 is 11.6 Å². The summed E-state index contributed by atoms with van der Waals surface area (Å²) in [5.74, 6) is 0. The highest BCUT2D eigenvalue weighted by Gasteiger charge is 2.09. The van der Waals surface area contributed by atoms with Gasteiger partial charge in [0.05, 0.1) is 11.9 Å². The van der Waals surface area contributed by atoms with E-state index in [-0.39, 0.29) is 0 Å². The SMILES string of the molecule is Clc1cccc(-n2cc(-c3cncc4ccccc34)nn2)c1. The maximum absolute atomic E-state index is 6.03. The van der Waals surface area contributed by atoms with Crippen molar-refractivity contribution in [3.8, 4) is 16.9 Å². The second-order valence-corrected chi connectivity index (χ2v) is 5.37. The van der Waals surface area contributed by atoms with Gasteiger partial charge in [0.15, 0.2) is 0 Å². The van der Waals surface area contributed by atoms with Gasteiger partial charge in [-0.15, -0.1) is 5.10 Å². The molecule has 22 heavy (non-hydrogen) atoms. The summed E-state index contributed by atoms with van der Waals surface area (Å²) in [5.41, 5.74) is 2.62. The molecule has 0 saturated carbocycles. The molecule has 0 bridgehead atoms. The van der Waals surface area contributed by atoms with Crippen LogP contribution in [0.1, 0.15) is 0 Å². The van der Waals surface area contributed by atoms with Gasteiger partial charge in [-0.25, -0.2) is 4.68 Å². The minimum atomic E-state index is 0.668. The Morgan fingerprint density at radius 2 is 1.86 bits per heavy atom. The van der Waals surface area contributed by atoms with Gasteiger partial charge in [0.2, 0.25) is 0 Å². The van der Waals surface area contributed by atoms with Crippen molar-refractivity contribution in [2.75, 3.05) is 0 Å². The minimum Gasteiger partial charge on any atom is -0.263 e. The second kappa shape index (κ2) is 5.24. The molecule has 0 amide bonds. The van der Waals surface area contributed by atoms with Crippen molar-refractivity contribution < 1.29 is 0 Å². The molecular weight excluding hydrogens is 296 g/mol. The van der Waals surface area contributed by atoms with E-state index in [0.717, 1.165) is 27.7 Å². The van der Waals surface area contributed by atoms with E-state index >= 15 is 0 Å². The van der Waals surface area contributed by atoms with Crippen molar-refractivity contribution in [3.63, 3.8) is 0 Å². The topological polar surface area (TPSA) is 43.6 Å². The van der Waals surface area contributed by atoms with Gasteiger partial charge in [0.25, 0.3) is 0 Å². The van der Waals surface area contributed by atoms with Crippen molar-refractivity contribution in [1.82, 2.24) is 20.0 Å². The monoisotopic (exact) mass is 306 g/mol. The molecular formula is C17H11ClN4. The standard InChI is InChI=1S/C17H11ClN4/c18-13-5-3-6-14(8-13)22-11-17(20-21-22)16-10-19-9-12-4-1-2-7-15(12)16/h1-11H. The number of rotatable bonds is 2. The molecule has 0 aliphatic carbocycles. The Morgan fingerprint density at radius 1 is 0.955 bits per heavy atom. The summed E-state index contributed by atoms with van der Waals surface area (Å²) < 4.78 is 1.71. The average Bonchev–Trinajstić information content (AvgIpc) is 3.04. The average molecular weight is 307 g/mol. The molecule has 2 aromatic heterocycles. The van der Waals surface area contributed by atoms with E-state index in [0.29, 0.717) is 5.02 Å². The fraction of sp³-hybridized carbons (Fsp3) is 0. The molecule has 0 radical (unpaired) electrons. The van der Waals surface area contributed by atoms with Crippen LogP contribution in [0.15, 0.2) is 67.1 Å². The van der Waals surface area contributed by atoms with E-state index in [9.17, 15) is 0 Å². The van der Waals surface area contributed by atoms with Crippen molar-refractivity contribution in [1.29, 1.82) is 0 Å². The zero-order valence-electron chi connectivity index (χ0n) is 11.5. The van der Waals surface area contributed by atoms with Gasteiger partial charge in [-0.3, -0.25) is 4.98 Å². The third kappa shape index (κ3) is 2.23. The van der Waals surface area contributed by atoms with Crippen molar-refractivity contribution >= 4 is 22.4 Å². The Bertz CT molecular complexity index is 956. The third-order valence-corrected chi connectivity index (χ3v) is 3.75. The van der Waals surface area contributed by atoms with Crippen LogP contribution in [-0.2, 0) is 0 Å². The lowest BCUT2D eigenvalue weighted by molar-refractivity contribution is 0.804. The van der Waals surface area contributed by atoms with Gasteiger partial charge in [0.1, 0.15) is 5.69 Å². The highest BCUT2D eigenvalue weighted by atomic mass is 35.5. The molecule has 4 nitrogen and oxygen atoms in total. The molecule has 0 aliphatic rings. The van der Waals surface area contributed by atoms with Gasteiger partial charge in [-0.2, -0.15) is 0 Å². The van der Waals surface area contributed by atoms with E-state index in [4.69, 9.17) is 11.6 Å². The predicted molar refractivity (Wildman–Crippen MR) is 87.1 cm³/mol. The van der Waals surface area contributed by atoms with Gasteiger partial charge >= 0.3 is 0 Å². The molecule has 2 heterocycles. The first-order valence-corrected chi connectivity index (χ1v) is 7.20. The lowest BCUT2D eigenvalue weighted by Gasteiger charge is -2.02. The lowest BCUT2D eigenvalue weighted by atomic mass is 10.1. The van der Waals surface area contributed by atoms with Gasteiger partial charge < -0.3 is 0 Å². The van der Waals surface area contributed by atoms with Crippen LogP contribution in [0.4, 0.5) is 0 Å². The third-order valence-electron chi connectivity index (χ3n) is 3.51. The molecule has 0 atom stereocenters. The molecule has 0 saturated heterocycles. The highest BCUT2D eigenvalue weighted by molar-refractivity contribution is 6.30. The first kappa shape index (κ1) is 13.0. The van der Waals surface area contributed by atoms with Crippen LogP contribution in [0, 0.1) is 0 Å². The quantitative estimate of drug-likeness (QED) is 0.559. The molecule has 0 fully saturated rings. The summed E-state index contributed by atoms with van der Waals surface area (Å²) in [5, 5.41) is 11.3. The fourth-order valence-corrected chi connectivity index (χ4v) is 2.64. The summed E-state index contributed by atoms with van der Waals surface area (Å²) in [4.78, 5) is 4.29. The molecule has 106 valence electrons. The normalized spacial score (nSPS) is 11.0. The Balaban J connectivity index is 1.84. The molecule has 0 aliphatic heterocycles. The van der Waals surface area contributed by atoms with Crippen molar-refractivity contribution in [2.45, 2.75) is 0 Å². The predicted octanol–water partition coefficient (Wildman–Crippen LogP) is 4.14. The zero-order chi connectivity index (χ0) is 14.9. The summed E-state index contributed by atoms with van der Waals surface area (Å²) in [6.07, 6.45) is 5.55. The van der Waals surface area contributed by atoms with E-state index in [2.05, 4.69) is 21.4 Å². The Labute approximate surface area is 132 Å². The molecule has 0 N–H and O–H groups in total. The number of fused-ring (bicyclic) bond motifs is 1. The Morgan fingerprint density at radius 3 is 2.77 bits per heavy atom. The van der Waals surface area contributed by atoms with E-state index < -0.39 is 0 Å². The van der Waals surface area contributed by atoms with E-state index in [1.165, 1.54) is 0 Å².